The predicted molar refractivity (Wildman–Crippen MR) is 97.1 cm³/mol. The van der Waals surface area contributed by atoms with Crippen molar-refractivity contribution in [1.29, 1.82) is 0 Å². The van der Waals surface area contributed by atoms with Crippen LogP contribution in [0.15, 0.2) is 8.68 Å². The van der Waals surface area contributed by atoms with E-state index in [-0.39, 0.29) is 23.9 Å². The minimum atomic E-state index is 0.00156. The van der Waals surface area contributed by atoms with Gasteiger partial charge in [-0.3, -0.25) is 9.59 Å². The highest BCUT2D eigenvalue weighted by Gasteiger charge is 2.12. The molecule has 1 heterocycles. The van der Waals surface area contributed by atoms with Crippen molar-refractivity contribution in [2.75, 3.05) is 11.5 Å². The zero-order valence-electron chi connectivity index (χ0n) is 13.9. The van der Waals surface area contributed by atoms with Crippen LogP contribution in [0.3, 0.4) is 0 Å². The highest BCUT2D eigenvalue weighted by Crippen LogP contribution is 2.28. The van der Waals surface area contributed by atoms with Crippen molar-refractivity contribution in [1.82, 2.24) is 20.8 Å². The monoisotopic (exact) mass is 376 g/mol. The van der Waals surface area contributed by atoms with Crippen LogP contribution in [0.25, 0.3) is 0 Å². The average molecular weight is 377 g/mol. The van der Waals surface area contributed by atoms with Gasteiger partial charge in [0, 0.05) is 12.1 Å². The number of amides is 2. The fraction of sp³-hybridized carbons (Fsp3) is 0.714. The molecule has 2 atom stereocenters. The molecule has 0 aliphatic carbocycles. The van der Waals surface area contributed by atoms with Gasteiger partial charge in [-0.25, -0.2) is 0 Å². The number of hydrogen-bond acceptors (Lipinski definition) is 7. The molecule has 2 N–H and O–H groups in total. The lowest BCUT2D eigenvalue weighted by molar-refractivity contribution is -0.120. The Morgan fingerprint density at radius 3 is 1.70 bits per heavy atom. The Morgan fingerprint density at radius 1 is 0.957 bits per heavy atom. The summed E-state index contributed by atoms with van der Waals surface area (Å²) in [6.45, 7) is 8.02. The Bertz CT molecular complexity index is 467. The second kappa shape index (κ2) is 10.9. The van der Waals surface area contributed by atoms with Crippen molar-refractivity contribution in [3.8, 4) is 0 Å². The summed E-state index contributed by atoms with van der Waals surface area (Å²) in [5, 5.41) is 13.9. The molecule has 1 aromatic heterocycles. The zero-order chi connectivity index (χ0) is 17.2. The SMILES string of the molecule is CC[C@H](C)NC(=O)CSc1nnc(SCC(=O)N[C@@H](C)CC)s1. The Balaban J connectivity index is 2.32. The summed E-state index contributed by atoms with van der Waals surface area (Å²) in [6.07, 6.45) is 1.82. The average Bonchev–Trinajstić information content (AvgIpc) is 2.98. The molecule has 0 aliphatic rings. The van der Waals surface area contributed by atoms with Crippen LogP contribution in [0.1, 0.15) is 40.5 Å². The van der Waals surface area contributed by atoms with E-state index in [1.807, 2.05) is 27.7 Å². The quantitative estimate of drug-likeness (QED) is 0.611. The van der Waals surface area contributed by atoms with Gasteiger partial charge in [-0.15, -0.1) is 10.2 Å². The van der Waals surface area contributed by atoms with E-state index in [9.17, 15) is 9.59 Å². The first-order valence-electron chi connectivity index (χ1n) is 7.62. The van der Waals surface area contributed by atoms with E-state index in [1.165, 1.54) is 34.9 Å². The molecular weight excluding hydrogens is 352 g/mol. The third kappa shape index (κ3) is 8.57. The summed E-state index contributed by atoms with van der Waals surface area (Å²) in [6, 6.07) is 0.375. The molecule has 0 unspecified atom stereocenters. The van der Waals surface area contributed by atoms with E-state index in [1.54, 1.807) is 0 Å². The van der Waals surface area contributed by atoms with Gasteiger partial charge in [0.05, 0.1) is 11.5 Å². The topological polar surface area (TPSA) is 84.0 Å². The number of carbonyl (C=O) groups is 2. The summed E-state index contributed by atoms with van der Waals surface area (Å²) in [5.74, 6) is 0.666. The van der Waals surface area contributed by atoms with Gasteiger partial charge >= 0.3 is 0 Å². The van der Waals surface area contributed by atoms with Gasteiger partial charge in [0.2, 0.25) is 11.8 Å². The van der Waals surface area contributed by atoms with Crippen LogP contribution in [0.2, 0.25) is 0 Å². The summed E-state index contributed by atoms with van der Waals surface area (Å²) in [5.41, 5.74) is 0. The molecule has 130 valence electrons. The lowest BCUT2D eigenvalue weighted by Gasteiger charge is -2.10. The van der Waals surface area contributed by atoms with E-state index in [2.05, 4.69) is 20.8 Å². The van der Waals surface area contributed by atoms with Crippen molar-refractivity contribution in [3.05, 3.63) is 0 Å². The molecular formula is C14H24N4O2S3. The van der Waals surface area contributed by atoms with Crippen LogP contribution in [-0.4, -0.2) is 45.6 Å². The minimum Gasteiger partial charge on any atom is -0.353 e. The maximum atomic E-state index is 11.7. The first-order chi connectivity index (χ1) is 10.9. The lowest BCUT2D eigenvalue weighted by Crippen LogP contribution is -2.33. The standard InChI is InChI=1S/C14H24N4O2S3/c1-5-9(3)15-11(19)7-21-13-17-18-14(23-13)22-8-12(20)16-10(4)6-2/h9-10H,5-8H2,1-4H3,(H,15,19)(H,16,20)/t9-,10-/m0/s1. The fourth-order valence-electron chi connectivity index (χ4n) is 1.41. The molecule has 0 aliphatic heterocycles. The molecule has 0 fully saturated rings. The van der Waals surface area contributed by atoms with Crippen LogP contribution >= 0.6 is 34.9 Å². The Labute approximate surface area is 150 Å². The van der Waals surface area contributed by atoms with E-state index in [4.69, 9.17) is 0 Å². The number of aromatic nitrogens is 2. The summed E-state index contributed by atoms with van der Waals surface area (Å²) < 4.78 is 1.49. The minimum absolute atomic E-state index is 0.00156. The molecule has 23 heavy (non-hydrogen) atoms. The third-order valence-corrected chi connectivity index (χ3v) is 6.27. The third-order valence-electron chi connectivity index (χ3n) is 3.08. The molecule has 1 rings (SSSR count). The molecule has 9 heteroatoms. The Kier molecular flexibility index (Phi) is 9.57. The van der Waals surface area contributed by atoms with Gasteiger partial charge in [-0.05, 0) is 26.7 Å². The number of hydrogen-bond donors (Lipinski definition) is 2. The number of nitrogens with zero attached hydrogens (tertiary/aromatic N) is 2. The molecule has 0 spiro atoms. The van der Waals surface area contributed by atoms with Gasteiger partial charge < -0.3 is 10.6 Å². The molecule has 0 aromatic carbocycles. The molecule has 1 aromatic rings. The second-order valence-electron chi connectivity index (χ2n) is 5.16. The first-order valence-corrected chi connectivity index (χ1v) is 10.4. The summed E-state index contributed by atoms with van der Waals surface area (Å²) in [4.78, 5) is 23.4. The van der Waals surface area contributed by atoms with Crippen molar-refractivity contribution < 1.29 is 9.59 Å². The van der Waals surface area contributed by atoms with Gasteiger partial charge in [-0.2, -0.15) is 0 Å². The van der Waals surface area contributed by atoms with Crippen LogP contribution in [0.5, 0.6) is 0 Å². The predicted octanol–water partition coefficient (Wildman–Crippen LogP) is 2.55. The van der Waals surface area contributed by atoms with E-state index >= 15 is 0 Å². The fourth-order valence-corrected chi connectivity index (χ4v) is 4.05. The van der Waals surface area contributed by atoms with E-state index in [0.29, 0.717) is 11.5 Å². The van der Waals surface area contributed by atoms with Crippen molar-refractivity contribution >= 4 is 46.7 Å². The van der Waals surface area contributed by atoms with E-state index < -0.39 is 0 Å². The van der Waals surface area contributed by atoms with Gasteiger partial charge in [0.25, 0.3) is 0 Å². The van der Waals surface area contributed by atoms with Crippen molar-refractivity contribution in [3.63, 3.8) is 0 Å². The van der Waals surface area contributed by atoms with Crippen LogP contribution in [0.4, 0.5) is 0 Å². The van der Waals surface area contributed by atoms with Crippen LogP contribution in [0, 0.1) is 0 Å². The van der Waals surface area contributed by atoms with Crippen LogP contribution in [-0.2, 0) is 9.59 Å². The number of carbonyl (C=O) groups excluding carboxylic acids is 2. The molecule has 0 bridgehead atoms. The zero-order valence-corrected chi connectivity index (χ0v) is 16.4. The largest absolute Gasteiger partial charge is 0.353 e. The maximum Gasteiger partial charge on any atom is 0.230 e. The Morgan fingerprint density at radius 2 is 1.35 bits per heavy atom. The summed E-state index contributed by atoms with van der Waals surface area (Å²) in [7, 11) is 0. The Hall–Kier alpha value is -0.800. The highest BCUT2D eigenvalue weighted by molar-refractivity contribution is 8.03. The maximum absolute atomic E-state index is 11.7. The van der Waals surface area contributed by atoms with Gasteiger partial charge in [0.1, 0.15) is 0 Å². The smallest absolute Gasteiger partial charge is 0.230 e. The van der Waals surface area contributed by atoms with E-state index in [0.717, 1.165) is 21.5 Å². The second-order valence-corrected chi connectivity index (χ2v) is 8.59. The van der Waals surface area contributed by atoms with Gasteiger partial charge in [0.15, 0.2) is 8.68 Å². The molecule has 6 nitrogen and oxygen atoms in total. The lowest BCUT2D eigenvalue weighted by atomic mass is 10.3. The van der Waals surface area contributed by atoms with Crippen molar-refractivity contribution in [2.24, 2.45) is 0 Å². The van der Waals surface area contributed by atoms with Gasteiger partial charge in [-0.1, -0.05) is 48.7 Å². The molecule has 0 saturated heterocycles. The van der Waals surface area contributed by atoms with Crippen molar-refractivity contribution in [2.45, 2.75) is 61.3 Å². The number of rotatable bonds is 10. The molecule has 0 saturated carbocycles. The highest BCUT2D eigenvalue weighted by atomic mass is 32.2. The molecule has 0 radical (unpaired) electrons. The molecule has 2 amide bonds. The summed E-state index contributed by atoms with van der Waals surface area (Å²) >= 11 is 4.15. The first kappa shape index (κ1) is 20.2. The number of thioether (sulfide) groups is 2. The van der Waals surface area contributed by atoms with Crippen LogP contribution < -0.4 is 10.6 Å². The number of nitrogens with one attached hydrogen (secondary N) is 2. The normalized spacial score (nSPS) is 13.4.